The first-order chi connectivity index (χ1) is 8.25. The third-order valence-electron chi connectivity index (χ3n) is 3.36. The second-order valence-electron chi connectivity index (χ2n) is 4.75. The summed E-state index contributed by atoms with van der Waals surface area (Å²) in [5.41, 5.74) is 6.51. The molecule has 17 heavy (non-hydrogen) atoms. The molecule has 1 aliphatic carbocycles. The van der Waals surface area contributed by atoms with Crippen LogP contribution in [0, 0.1) is 0 Å². The maximum Gasteiger partial charge on any atom is 0.148 e. The van der Waals surface area contributed by atoms with Crippen LogP contribution in [0.4, 0.5) is 4.39 Å². The molecular weight excluding hydrogens is 217 g/mol. The van der Waals surface area contributed by atoms with Crippen LogP contribution in [-0.2, 0) is 4.74 Å². The van der Waals surface area contributed by atoms with Crippen molar-refractivity contribution in [2.75, 3.05) is 6.61 Å². The van der Waals surface area contributed by atoms with Crippen LogP contribution in [0.1, 0.15) is 37.4 Å². The lowest BCUT2D eigenvalue weighted by Gasteiger charge is -2.26. The van der Waals surface area contributed by atoms with Crippen molar-refractivity contribution in [1.29, 1.82) is 0 Å². The highest BCUT2D eigenvalue weighted by molar-refractivity contribution is 5.17. The van der Waals surface area contributed by atoms with E-state index in [1.165, 1.54) is 0 Å². The number of benzene rings is 1. The van der Waals surface area contributed by atoms with Crippen LogP contribution < -0.4 is 5.73 Å². The van der Waals surface area contributed by atoms with Crippen molar-refractivity contribution in [2.45, 2.75) is 44.0 Å². The van der Waals surface area contributed by atoms with Crippen molar-refractivity contribution in [1.82, 2.24) is 0 Å². The number of hydrogen-bond acceptors (Lipinski definition) is 2. The van der Waals surface area contributed by atoms with Crippen LogP contribution in [0.25, 0.3) is 0 Å². The van der Waals surface area contributed by atoms with Gasteiger partial charge in [-0.05, 0) is 31.2 Å². The van der Waals surface area contributed by atoms with Crippen LogP contribution in [0.15, 0.2) is 30.3 Å². The summed E-state index contributed by atoms with van der Waals surface area (Å²) in [7, 11) is 0. The molecule has 2 rings (SSSR count). The maximum atomic E-state index is 13.8. The molecule has 0 radical (unpaired) electrons. The third kappa shape index (κ3) is 3.79. The molecule has 1 unspecified atom stereocenters. The van der Waals surface area contributed by atoms with Gasteiger partial charge in [0.25, 0.3) is 0 Å². The van der Waals surface area contributed by atoms with Gasteiger partial charge in [-0.2, -0.15) is 0 Å². The molecular formula is C14H20FNO. The molecule has 0 aliphatic heterocycles. The molecule has 1 aromatic rings. The summed E-state index contributed by atoms with van der Waals surface area (Å²) >= 11 is 0. The van der Waals surface area contributed by atoms with Crippen molar-refractivity contribution in [3.8, 4) is 0 Å². The van der Waals surface area contributed by atoms with Crippen molar-refractivity contribution in [3.63, 3.8) is 0 Å². The molecule has 0 spiro atoms. The molecule has 0 heterocycles. The average molecular weight is 237 g/mol. The number of rotatable bonds is 4. The van der Waals surface area contributed by atoms with Gasteiger partial charge in [0.1, 0.15) is 6.17 Å². The molecule has 1 aliphatic rings. The van der Waals surface area contributed by atoms with E-state index in [1.54, 1.807) is 12.1 Å². The van der Waals surface area contributed by atoms with E-state index in [-0.39, 0.29) is 12.7 Å². The van der Waals surface area contributed by atoms with Crippen molar-refractivity contribution >= 4 is 0 Å². The zero-order valence-electron chi connectivity index (χ0n) is 10.0. The second-order valence-corrected chi connectivity index (χ2v) is 4.75. The predicted molar refractivity (Wildman–Crippen MR) is 66.5 cm³/mol. The number of halogens is 1. The Morgan fingerprint density at radius 2 is 1.82 bits per heavy atom. The van der Waals surface area contributed by atoms with Gasteiger partial charge in [-0.25, -0.2) is 4.39 Å². The Kier molecular flexibility index (Phi) is 4.51. The van der Waals surface area contributed by atoms with E-state index in [2.05, 4.69) is 0 Å². The Balaban J connectivity index is 1.75. The Labute approximate surface area is 102 Å². The number of hydrogen-bond donors (Lipinski definition) is 1. The minimum atomic E-state index is -1.02. The van der Waals surface area contributed by atoms with Crippen LogP contribution >= 0.6 is 0 Å². The monoisotopic (exact) mass is 237 g/mol. The first-order valence-electron chi connectivity index (χ1n) is 6.32. The minimum Gasteiger partial charge on any atom is -0.375 e. The second kappa shape index (κ2) is 6.12. The molecule has 0 amide bonds. The van der Waals surface area contributed by atoms with Gasteiger partial charge in [-0.3, -0.25) is 0 Å². The highest BCUT2D eigenvalue weighted by Gasteiger charge is 2.20. The van der Waals surface area contributed by atoms with Gasteiger partial charge in [0, 0.05) is 6.04 Å². The number of ether oxygens (including phenoxy) is 1. The molecule has 0 aromatic heterocycles. The van der Waals surface area contributed by atoms with Gasteiger partial charge in [0.2, 0.25) is 0 Å². The molecule has 94 valence electrons. The van der Waals surface area contributed by atoms with Crippen molar-refractivity contribution < 1.29 is 9.13 Å². The van der Waals surface area contributed by atoms with Crippen LogP contribution in [0.5, 0.6) is 0 Å². The molecule has 2 nitrogen and oxygen atoms in total. The first kappa shape index (κ1) is 12.5. The molecule has 3 heteroatoms. The van der Waals surface area contributed by atoms with E-state index in [0.29, 0.717) is 11.6 Å². The summed E-state index contributed by atoms with van der Waals surface area (Å²) in [6.07, 6.45) is 3.08. The van der Waals surface area contributed by atoms with Crippen molar-refractivity contribution in [3.05, 3.63) is 35.9 Å². The standard InChI is InChI=1S/C14H20FNO/c15-14(11-4-2-1-3-5-11)10-17-13-8-6-12(16)7-9-13/h1-5,12-14H,6-10,16H2/t12-,13-,14?. The van der Waals surface area contributed by atoms with Gasteiger partial charge in [-0.1, -0.05) is 30.3 Å². The Hall–Kier alpha value is -0.930. The lowest BCUT2D eigenvalue weighted by Crippen LogP contribution is -2.30. The van der Waals surface area contributed by atoms with Gasteiger partial charge < -0.3 is 10.5 Å². The van der Waals surface area contributed by atoms with E-state index >= 15 is 0 Å². The molecule has 0 saturated heterocycles. The Morgan fingerprint density at radius 1 is 1.18 bits per heavy atom. The van der Waals surface area contributed by atoms with E-state index < -0.39 is 6.17 Å². The first-order valence-corrected chi connectivity index (χ1v) is 6.32. The fourth-order valence-electron chi connectivity index (χ4n) is 2.23. The topological polar surface area (TPSA) is 35.2 Å². The minimum absolute atomic E-state index is 0.157. The third-order valence-corrected chi connectivity index (χ3v) is 3.36. The van der Waals surface area contributed by atoms with Crippen molar-refractivity contribution in [2.24, 2.45) is 5.73 Å². The largest absolute Gasteiger partial charge is 0.375 e. The molecule has 1 aromatic carbocycles. The summed E-state index contributed by atoms with van der Waals surface area (Å²) in [5.74, 6) is 0. The summed E-state index contributed by atoms with van der Waals surface area (Å²) in [4.78, 5) is 0. The van der Waals surface area contributed by atoms with Gasteiger partial charge in [-0.15, -0.1) is 0 Å². The van der Waals surface area contributed by atoms with E-state index in [9.17, 15) is 4.39 Å². The lowest BCUT2D eigenvalue weighted by molar-refractivity contribution is -0.00338. The van der Waals surface area contributed by atoms with E-state index in [1.807, 2.05) is 18.2 Å². The van der Waals surface area contributed by atoms with Crippen LogP contribution in [-0.4, -0.2) is 18.8 Å². The summed E-state index contributed by atoms with van der Waals surface area (Å²) in [5, 5.41) is 0. The van der Waals surface area contributed by atoms with Gasteiger partial charge >= 0.3 is 0 Å². The Bertz CT molecular complexity index is 322. The molecule has 1 fully saturated rings. The smallest absolute Gasteiger partial charge is 0.148 e. The summed E-state index contributed by atoms with van der Waals surface area (Å²) < 4.78 is 19.4. The quantitative estimate of drug-likeness (QED) is 0.873. The van der Waals surface area contributed by atoms with E-state index in [0.717, 1.165) is 25.7 Å². The van der Waals surface area contributed by atoms with Gasteiger partial charge in [0.05, 0.1) is 12.7 Å². The summed E-state index contributed by atoms with van der Waals surface area (Å²) in [6.45, 7) is 0.157. The zero-order chi connectivity index (χ0) is 12.1. The van der Waals surface area contributed by atoms with Crippen LogP contribution in [0.3, 0.4) is 0 Å². The van der Waals surface area contributed by atoms with Crippen LogP contribution in [0.2, 0.25) is 0 Å². The van der Waals surface area contributed by atoms with E-state index in [4.69, 9.17) is 10.5 Å². The molecule has 1 atom stereocenters. The highest BCUT2D eigenvalue weighted by atomic mass is 19.1. The molecule has 1 saturated carbocycles. The zero-order valence-corrected chi connectivity index (χ0v) is 10.0. The maximum absolute atomic E-state index is 13.8. The summed E-state index contributed by atoms with van der Waals surface area (Å²) in [6, 6.07) is 9.49. The fourth-order valence-corrected chi connectivity index (χ4v) is 2.23. The SMILES string of the molecule is N[C@H]1CC[C@H](OCC(F)c2ccccc2)CC1. The highest BCUT2D eigenvalue weighted by Crippen LogP contribution is 2.23. The van der Waals surface area contributed by atoms with Gasteiger partial charge in [0.15, 0.2) is 0 Å². The Morgan fingerprint density at radius 3 is 2.47 bits per heavy atom. The fraction of sp³-hybridized carbons (Fsp3) is 0.571. The molecule has 0 bridgehead atoms. The molecule has 2 N–H and O–H groups in total. The predicted octanol–water partition coefficient (Wildman–Crippen LogP) is 2.98. The lowest BCUT2D eigenvalue weighted by atomic mass is 9.94. The average Bonchev–Trinajstić information content (AvgIpc) is 2.39. The number of alkyl halides is 1. The number of nitrogens with two attached hydrogens (primary N) is 1. The normalized spacial score (nSPS) is 26.7.